The molecular weight excluding hydrogens is 484 g/mol. The maximum Gasteiger partial charge on any atom is 0.285 e. The van der Waals surface area contributed by atoms with Crippen LogP contribution in [0.4, 0.5) is 11.4 Å². The van der Waals surface area contributed by atoms with Crippen LogP contribution in [0.5, 0.6) is 5.88 Å². The maximum atomic E-state index is 12.6. The van der Waals surface area contributed by atoms with Crippen LogP contribution in [0.25, 0.3) is 21.7 Å². The van der Waals surface area contributed by atoms with Gasteiger partial charge in [-0.15, -0.1) is 10.2 Å². The number of hydrogen-bond acceptors (Lipinski definition) is 5. The number of aromatic nitrogens is 1. The number of fused-ring (bicyclic) bond motifs is 2. The highest BCUT2D eigenvalue weighted by molar-refractivity contribution is 9.10. The second-order valence-corrected chi connectivity index (χ2v) is 9.70. The number of H-pyrrole nitrogens is 1. The minimum absolute atomic E-state index is 0.0979. The fraction of sp³-hybridized carbons (Fsp3) is 0.0952. The van der Waals surface area contributed by atoms with Gasteiger partial charge in [0.15, 0.2) is 5.69 Å². The average Bonchev–Trinajstić information content (AvgIpc) is 3.03. The molecule has 0 bridgehead atoms. The number of aromatic hydroxyl groups is 1. The summed E-state index contributed by atoms with van der Waals surface area (Å²) in [7, 11) is -3.78. The van der Waals surface area contributed by atoms with Crippen LogP contribution in [-0.4, -0.2) is 37.2 Å². The van der Waals surface area contributed by atoms with Gasteiger partial charge in [-0.05, 0) is 29.7 Å². The van der Waals surface area contributed by atoms with E-state index in [1.807, 2.05) is 18.2 Å². The lowest BCUT2D eigenvalue weighted by atomic mass is 10.1. The Kier molecular flexibility index (Phi) is 5.50. The van der Waals surface area contributed by atoms with Gasteiger partial charge in [-0.1, -0.05) is 52.3 Å². The van der Waals surface area contributed by atoms with Gasteiger partial charge in [0.2, 0.25) is 15.9 Å². The molecule has 0 saturated heterocycles. The lowest BCUT2D eigenvalue weighted by Crippen LogP contribution is -2.34. The molecule has 31 heavy (non-hydrogen) atoms. The number of carbonyl (C=O) groups excluding carboxylic acids is 1. The minimum Gasteiger partial charge on any atom is -0.493 e. The van der Waals surface area contributed by atoms with Crippen molar-refractivity contribution < 1.29 is 18.3 Å². The van der Waals surface area contributed by atoms with Crippen molar-refractivity contribution in [3.05, 3.63) is 65.1 Å². The molecule has 0 atom stereocenters. The molecule has 0 aliphatic rings. The number of carbonyl (C=O) groups is 1. The molecule has 8 nitrogen and oxygen atoms in total. The fourth-order valence-electron chi connectivity index (χ4n) is 3.30. The van der Waals surface area contributed by atoms with Crippen molar-refractivity contribution in [2.45, 2.75) is 0 Å². The number of sulfonamides is 1. The summed E-state index contributed by atoms with van der Waals surface area (Å²) in [6.45, 7) is -0.525. The van der Waals surface area contributed by atoms with Crippen molar-refractivity contribution in [1.82, 2.24) is 4.98 Å². The van der Waals surface area contributed by atoms with Gasteiger partial charge < -0.3 is 10.1 Å². The lowest BCUT2D eigenvalue weighted by molar-refractivity contribution is -0.116. The number of nitrogens with one attached hydrogen (secondary N) is 1. The van der Waals surface area contributed by atoms with E-state index in [4.69, 9.17) is 0 Å². The summed E-state index contributed by atoms with van der Waals surface area (Å²) >= 11 is 3.35. The molecule has 0 spiro atoms. The Morgan fingerprint density at radius 2 is 1.84 bits per heavy atom. The minimum atomic E-state index is -3.78. The van der Waals surface area contributed by atoms with Crippen LogP contribution >= 0.6 is 15.9 Å². The van der Waals surface area contributed by atoms with Gasteiger partial charge in [0.25, 0.3) is 5.91 Å². The highest BCUT2D eigenvalue weighted by Gasteiger charge is 2.23. The fourth-order valence-corrected chi connectivity index (χ4v) is 4.53. The number of hydrogen-bond donors (Lipinski definition) is 2. The Balaban J connectivity index is 1.67. The number of azo groups is 1. The van der Waals surface area contributed by atoms with Crippen molar-refractivity contribution >= 4 is 64.9 Å². The Labute approximate surface area is 186 Å². The molecule has 0 fully saturated rings. The third-order valence-electron chi connectivity index (χ3n) is 4.69. The second-order valence-electron chi connectivity index (χ2n) is 6.87. The third kappa shape index (κ3) is 4.30. The van der Waals surface area contributed by atoms with Gasteiger partial charge in [-0.3, -0.25) is 9.10 Å². The molecule has 10 heteroatoms. The summed E-state index contributed by atoms with van der Waals surface area (Å²) in [5.74, 6) is -1.01. The third-order valence-corrected chi connectivity index (χ3v) is 6.31. The quantitative estimate of drug-likeness (QED) is 0.380. The number of halogens is 1. The van der Waals surface area contributed by atoms with E-state index in [9.17, 15) is 18.3 Å². The van der Waals surface area contributed by atoms with E-state index in [1.165, 1.54) is 0 Å². The average molecular weight is 501 g/mol. The van der Waals surface area contributed by atoms with E-state index < -0.39 is 22.5 Å². The molecule has 1 aromatic heterocycles. The molecule has 2 N–H and O–H groups in total. The summed E-state index contributed by atoms with van der Waals surface area (Å²) < 4.78 is 26.7. The highest BCUT2D eigenvalue weighted by Crippen LogP contribution is 2.37. The molecule has 158 valence electrons. The van der Waals surface area contributed by atoms with Crippen molar-refractivity contribution in [3.63, 3.8) is 0 Å². The van der Waals surface area contributed by atoms with E-state index in [2.05, 4.69) is 31.1 Å². The largest absolute Gasteiger partial charge is 0.493 e. The zero-order valence-electron chi connectivity index (χ0n) is 16.3. The SMILES string of the molecule is CS(=O)(=O)N(CC(=O)N=Nc1c(O)[nH]c2ccc(Br)cc12)c1cccc2ccccc12. The van der Waals surface area contributed by atoms with E-state index in [0.29, 0.717) is 22.0 Å². The first-order valence-corrected chi connectivity index (χ1v) is 11.8. The van der Waals surface area contributed by atoms with Gasteiger partial charge >= 0.3 is 0 Å². The van der Waals surface area contributed by atoms with Crippen molar-refractivity contribution in [2.24, 2.45) is 10.2 Å². The van der Waals surface area contributed by atoms with Gasteiger partial charge in [-0.25, -0.2) is 8.42 Å². The molecule has 0 aliphatic carbocycles. The molecule has 0 saturated carbocycles. The molecule has 0 radical (unpaired) electrons. The Hall–Kier alpha value is -3.24. The molecule has 0 aliphatic heterocycles. The van der Waals surface area contributed by atoms with Crippen molar-refractivity contribution in [2.75, 3.05) is 17.1 Å². The predicted molar refractivity (Wildman–Crippen MR) is 123 cm³/mol. The smallest absolute Gasteiger partial charge is 0.285 e. The zero-order valence-corrected chi connectivity index (χ0v) is 18.7. The molecule has 1 heterocycles. The standard InChI is InChI=1S/C21H17BrN4O4S/c1-31(29,30)26(18-8-4-6-13-5-2-3-7-15(13)18)12-19(27)24-25-20-16-11-14(22)9-10-17(16)23-21(20)28/h2-11,23,28H,12H2,1H3. The van der Waals surface area contributed by atoms with Crippen LogP contribution in [-0.2, 0) is 14.8 Å². The second kappa shape index (κ2) is 8.12. The number of benzene rings is 3. The zero-order chi connectivity index (χ0) is 22.2. The van der Waals surface area contributed by atoms with Crippen LogP contribution < -0.4 is 4.31 Å². The van der Waals surface area contributed by atoms with E-state index in [1.54, 1.807) is 42.5 Å². The highest BCUT2D eigenvalue weighted by atomic mass is 79.9. The van der Waals surface area contributed by atoms with Crippen LogP contribution in [0.3, 0.4) is 0 Å². The number of amides is 1. The first-order chi connectivity index (χ1) is 14.7. The van der Waals surface area contributed by atoms with E-state index in [0.717, 1.165) is 20.4 Å². The first-order valence-electron chi connectivity index (χ1n) is 9.14. The Morgan fingerprint density at radius 1 is 1.10 bits per heavy atom. The molecule has 1 amide bonds. The van der Waals surface area contributed by atoms with Gasteiger partial charge in [-0.2, -0.15) is 0 Å². The number of anilines is 1. The van der Waals surface area contributed by atoms with Crippen LogP contribution in [0.2, 0.25) is 0 Å². The lowest BCUT2D eigenvalue weighted by Gasteiger charge is -2.22. The van der Waals surface area contributed by atoms with Crippen LogP contribution in [0, 0.1) is 0 Å². The van der Waals surface area contributed by atoms with E-state index in [-0.39, 0.29) is 11.6 Å². The molecular formula is C21H17BrN4O4S. The number of nitrogens with zero attached hydrogens (tertiary/aromatic N) is 3. The molecule has 3 aromatic carbocycles. The van der Waals surface area contributed by atoms with E-state index >= 15 is 0 Å². The number of aromatic amines is 1. The Bertz CT molecular complexity index is 1440. The Morgan fingerprint density at radius 3 is 2.61 bits per heavy atom. The summed E-state index contributed by atoms with van der Waals surface area (Å²) in [5, 5.41) is 19.7. The predicted octanol–water partition coefficient (Wildman–Crippen LogP) is 4.87. The summed E-state index contributed by atoms with van der Waals surface area (Å²) in [6, 6.07) is 17.8. The van der Waals surface area contributed by atoms with Gasteiger partial charge in [0.05, 0.1) is 17.5 Å². The maximum absolute atomic E-state index is 12.6. The van der Waals surface area contributed by atoms with Crippen LogP contribution in [0.15, 0.2) is 75.4 Å². The van der Waals surface area contributed by atoms with Crippen LogP contribution in [0.1, 0.15) is 0 Å². The molecule has 0 unspecified atom stereocenters. The summed E-state index contributed by atoms with van der Waals surface area (Å²) in [4.78, 5) is 15.3. The summed E-state index contributed by atoms with van der Waals surface area (Å²) in [6.07, 6.45) is 1.03. The van der Waals surface area contributed by atoms with Gasteiger partial charge in [0.1, 0.15) is 6.54 Å². The van der Waals surface area contributed by atoms with Gasteiger partial charge in [0, 0.05) is 15.2 Å². The van der Waals surface area contributed by atoms with Crippen molar-refractivity contribution in [1.29, 1.82) is 0 Å². The monoisotopic (exact) mass is 500 g/mol. The molecule has 4 rings (SSSR count). The normalized spacial score (nSPS) is 12.1. The molecule has 4 aromatic rings. The number of rotatable bonds is 5. The first kappa shape index (κ1) is 21.0. The summed E-state index contributed by atoms with van der Waals surface area (Å²) in [5.41, 5.74) is 1.10. The van der Waals surface area contributed by atoms with Crippen molar-refractivity contribution in [3.8, 4) is 5.88 Å². The topological polar surface area (TPSA) is 115 Å².